The number of benzene rings is 2. The second kappa shape index (κ2) is 4.43. The minimum Gasteiger partial charge on any atom is -0.338 e. The van der Waals surface area contributed by atoms with Gasteiger partial charge in [-0.15, -0.1) is 0 Å². The average Bonchev–Trinajstić information content (AvgIpc) is 2.81. The van der Waals surface area contributed by atoms with Crippen molar-refractivity contribution in [3.8, 4) is 11.4 Å². The van der Waals surface area contributed by atoms with Crippen molar-refractivity contribution >= 4 is 21.2 Å². The molecule has 2 aromatic carbocycles. The number of aromatic amines is 1. The maximum atomic E-state index is 11.1. The van der Waals surface area contributed by atoms with Gasteiger partial charge in [0, 0.05) is 5.56 Å². The second-order valence-corrected chi connectivity index (χ2v) is 6.03. The average molecular weight is 288 g/mol. The van der Waals surface area contributed by atoms with Gasteiger partial charge in [0.05, 0.1) is 15.9 Å². The Morgan fingerprint density at radius 3 is 2.45 bits per heavy atom. The third-order valence-electron chi connectivity index (χ3n) is 3.08. The van der Waals surface area contributed by atoms with E-state index in [0.29, 0.717) is 16.9 Å². The van der Waals surface area contributed by atoms with E-state index in [1.807, 2.05) is 31.2 Å². The highest BCUT2D eigenvalue weighted by atomic mass is 32.2. The molecule has 0 aliphatic rings. The maximum Gasteiger partial charge on any atom is 0.294 e. The number of H-pyrrole nitrogens is 1. The fraction of sp³-hybridized carbons (Fsp3) is 0.0714. The molecule has 0 saturated carbocycles. The number of rotatable bonds is 2. The molecule has 1 heterocycles. The van der Waals surface area contributed by atoms with Crippen LogP contribution in [-0.4, -0.2) is 22.9 Å². The lowest BCUT2D eigenvalue weighted by molar-refractivity contribution is 0.483. The van der Waals surface area contributed by atoms with E-state index in [9.17, 15) is 8.42 Å². The lowest BCUT2D eigenvalue weighted by Gasteiger charge is -1.96. The Hall–Kier alpha value is -2.18. The molecule has 3 rings (SSSR count). The molecule has 0 radical (unpaired) electrons. The molecule has 1 aromatic heterocycles. The molecule has 5 nitrogen and oxygen atoms in total. The molecule has 0 spiro atoms. The lowest BCUT2D eigenvalue weighted by Crippen LogP contribution is -1.97. The van der Waals surface area contributed by atoms with Crippen molar-refractivity contribution in [3.63, 3.8) is 0 Å². The summed E-state index contributed by atoms with van der Waals surface area (Å²) < 4.78 is 31.3. The number of aryl methyl sites for hydroxylation is 1. The molecule has 3 aromatic rings. The number of imidazole rings is 1. The molecule has 2 N–H and O–H groups in total. The van der Waals surface area contributed by atoms with Crippen LogP contribution < -0.4 is 0 Å². The van der Waals surface area contributed by atoms with Crippen molar-refractivity contribution in [3.05, 3.63) is 48.0 Å². The summed E-state index contributed by atoms with van der Waals surface area (Å²) in [5.74, 6) is 0.660. The van der Waals surface area contributed by atoms with Crippen LogP contribution in [0, 0.1) is 6.92 Å². The van der Waals surface area contributed by atoms with Crippen LogP contribution in [0.4, 0.5) is 0 Å². The summed E-state index contributed by atoms with van der Waals surface area (Å²) in [6.45, 7) is 2.00. The highest BCUT2D eigenvalue weighted by Gasteiger charge is 2.12. The van der Waals surface area contributed by atoms with Gasteiger partial charge in [-0.2, -0.15) is 8.42 Å². The first-order valence-electron chi connectivity index (χ1n) is 5.98. The monoisotopic (exact) mass is 288 g/mol. The van der Waals surface area contributed by atoms with E-state index in [2.05, 4.69) is 9.97 Å². The normalized spacial score (nSPS) is 11.9. The van der Waals surface area contributed by atoms with Gasteiger partial charge < -0.3 is 4.98 Å². The molecule has 0 unspecified atom stereocenters. The number of aromatic nitrogens is 2. The van der Waals surface area contributed by atoms with Gasteiger partial charge in [0.1, 0.15) is 5.82 Å². The lowest BCUT2D eigenvalue weighted by atomic mass is 10.1. The van der Waals surface area contributed by atoms with Gasteiger partial charge in [-0.25, -0.2) is 4.98 Å². The Morgan fingerprint density at radius 2 is 1.80 bits per heavy atom. The zero-order valence-electron chi connectivity index (χ0n) is 10.7. The van der Waals surface area contributed by atoms with E-state index < -0.39 is 10.1 Å². The summed E-state index contributed by atoms with van der Waals surface area (Å²) >= 11 is 0. The van der Waals surface area contributed by atoms with Crippen LogP contribution in [0.1, 0.15) is 5.56 Å². The van der Waals surface area contributed by atoms with Crippen molar-refractivity contribution in [2.75, 3.05) is 0 Å². The van der Waals surface area contributed by atoms with E-state index >= 15 is 0 Å². The van der Waals surface area contributed by atoms with Crippen molar-refractivity contribution in [2.45, 2.75) is 11.8 Å². The summed E-state index contributed by atoms with van der Waals surface area (Å²) in [5, 5.41) is 0. The van der Waals surface area contributed by atoms with Gasteiger partial charge in [-0.05, 0) is 25.1 Å². The fourth-order valence-corrected chi connectivity index (χ4v) is 2.50. The molecule has 20 heavy (non-hydrogen) atoms. The molecule has 0 aliphatic heterocycles. The van der Waals surface area contributed by atoms with Crippen LogP contribution in [0.5, 0.6) is 0 Å². The Kier molecular flexibility index (Phi) is 2.84. The number of hydrogen-bond donors (Lipinski definition) is 2. The third kappa shape index (κ3) is 2.31. The summed E-state index contributed by atoms with van der Waals surface area (Å²) in [4.78, 5) is 7.31. The highest BCUT2D eigenvalue weighted by Crippen LogP contribution is 2.22. The summed E-state index contributed by atoms with van der Waals surface area (Å²) in [6, 6.07) is 12.1. The predicted molar refractivity (Wildman–Crippen MR) is 76.1 cm³/mol. The maximum absolute atomic E-state index is 11.1. The first-order chi connectivity index (χ1) is 9.43. The second-order valence-electron chi connectivity index (χ2n) is 4.61. The summed E-state index contributed by atoms with van der Waals surface area (Å²) in [5.41, 5.74) is 3.28. The topological polar surface area (TPSA) is 83.1 Å². The molecule has 102 valence electrons. The van der Waals surface area contributed by atoms with E-state index in [4.69, 9.17) is 4.55 Å². The number of nitrogens with one attached hydrogen (secondary N) is 1. The first kappa shape index (κ1) is 12.8. The Labute approximate surface area is 116 Å². The van der Waals surface area contributed by atoms with Crippen LogP contribution in [0.25, 0.3) is 22.4 Å². The molecular formula is C14H12N2O3S. The van der Waals surface area contributed by atoms with Crippen molar-refractivity contribution in [1.82, 2.24) is 9.97 Å². The van der Waals surface area contributed by atoms with Gasteiger partial charge in [-0.1, -0.05) is 29.8 Å². The zero-order valence-corrected chi connectivity index (χ0v) is 11.5. The van der Waals surface area contributed by atoms with E-state index in [1.165, 1.54) is 12.1 Å². The molecule has 0 atom stereocenters. The summed E-state index contributed by atoms with van der Waals surface area (Å²) in [6.07, 6.45) is 0. The van der Waals surface area contributed by atoms with Crippen LogP contribution in [0.3, 0.4) is 0 Å². The zero-order chi connectivity index (χ0) is 14.3. The minimum absolute atomic E-state index is 0.149. The van der Waals surface area contributed by atoms with Gasteiger partial charge in [0.15, 0.2) is 0 Å². The van der Waals surface area contributed by atoms with Crippen molar-refractivity contribution in [1.29, 1.82) is 0 Å². The first-order valence-corrected chi connectivity index (χ1v) is 7.42. The minimum atomic E-state index is -4.20. The Morgan fingerprint density at radius 1 is 1.10 bits per heavy atom. The van der Waals surface area contributed by atoms with Crippen molar-refractivity contribution in [2.24, 2.45) is 0 Å². The largest absolute Gasteiger partial charge is 0.338 e. The van der Waals surface area contributed by atoms with Crippen LogP contribution in [-0.2, 0) is 10.1 Å². The highest BCUT2D eigenvalue weighted by molar-refractivity contribution is 7.85. The van der Waals surface area contributed by atoms with Gasteiger partial charge in [0.25, 0.3) is 10.1 Å². The third-order valence-corrected chi connectivity index (χ3v) is 3.93. The van der Waals surface area contributed by atoms with Crippen LogP contribution in [0.2, 0.25) is 0 Å². The SMILES string of the molecule is Cc1ccc(-c2nc3ccc(S(=O)(=O)O)cc3[nH]2)cc1. The van der Waals surface area contributed by atoms with E-state index in [0.717, 1.165) is 11.1 Å². The molecule has 0 bridgehead atoms. The van der Waals surface area contributed by atoms with E-state index in [-0.39, 0.29) is 4.90 Å². The molecule has 0 amide bonds. The number of hydrogen-bond acceptors (Lipinski definition) is 3. The van der Waals surface area contributed by atoms with Gasteiger partial charge >= 0.3 is 0 Å². The number of nitrogens with zero attached hydrogens (tertiary/aromatic N) is 1. The Balaban J connectivity index is 2.13. The van der Waals surface area contributed by atoms with Crippen LogP contribution >= 0.6 is 0 Å². The van der Waals surface area contributed by atoms with Crippen LogP contribution in [0.15, 0.2) is 47.4 Å². The molecule has 0 fully saturated rings. The standard InChI is InChI=1S/C14H12N2O3S/c1-9-2-4-10(5-3-9)14-15-12-7-6-11(20(17,18)19)8-13(12)16-14/h2-8H,1H3,(H,15,16)(H,17,18,19). The van der Waals surface area contributed by atoms with Gasteiger partial charge in [-0.3, -0.25) is 4.55 Å². The fourth-order valence-electron chi connectivity index (χ4n) is 2.00. The van der Waals surface area contributed by atoms with Crippen molar-refractivity contribution < 1.29 is 13.0 Å². The quantitative estimate of drug-likeness (QED) is 0.710. The predicted octanol–water partition coefficient (Wildman–Crippen LogP) is 2.79. The smallest absolute Gasteiger partial charge is 0.294 e. The van der Waals surface area contributed by atoms with E-state index in [1.54, 1.807) is 6.07 Å². The van der Waals surface area contributed by atoms with Gasteiger partial charge in [0.2, 0.25) is 0 Å². The molecule has 6 heteroatoms. The Bertz CT molecular complexity index is 880. The molecule has 0 saturated heterocycles. The number of fused-ring (bicyclic) bond motifs is 1. The molecular weight excluding hydrogens is 276 g/mol. The molecule has 0 aliphatic carbocycles. The summed E-state index contributed by atoms with van der Waals surface area (Å²) in [7, 11) is -4.20.